The Balaban J connectivity index is 2.16. The Morgan fingerprint density at radius 3 is 1.78 bits per heavy atom. The molecule has 0 spiro atoms. The Morgan fingerprint density at radius 1 is 0.778 bits per heavy atom. The zero-order valence-electron chi connectivity index (χ0n) is 9.95. The zero-order valence-corrected chi connectivity index (χ0v) is 9.95. The average Bonchev–Trinajstić information content (AvgIpc) is 2.50. The van der Waals surface area contributed by atoms with Crippen LogP contribution in [0.1, 0.15) is 11.1 Å². The molecule has 0 unspecified atom stereocenters. The van der Waals surface area contributed by atoms with Crippen LogP contribution in [0.2, 0.25) is 0 Å². The lowest BCUT2D eigenvalue weighted by atomic mass is 9.85. The van der Waals surface area contributed by atoms with Crippen molar-refractivity contribution >= 4 is 0 Å². The van der Waals surface area contributed by atoms with Crippen molar-refractivity contribution in [3.05, 3.63) is 83.9 Å². The molecule has 0 atom stereocenters. The van der Waals surface area contributed by atoms with Crippen LogP contribution in [0.25, 0.3) is 0 Å². The van der Waals surface area contributed by atoms with Gasteiger partial charge in [-0.25, -0.2) is 9.78 Å². The van der Waals surface area contributed by atoms with Crippen molar-refractivity contribution in [3.8, 4) is 0 Å². The summed E-state index contributed by atoms with van der Waals surface area (Å²) in [6, 6.07) is 20.2. The number of benzene rings is 2. The first-order valence-electron chi connectivity index (χ1n) is 6.01. The van der Waals surface area contributed by atoms with Crippen LogP contribution in [0.15, 0.2) is 72.8 Å². The van der Waals surface area contributed by atoms with Gasteiger partial charge < -0.3 is 0 Å². The van der Waals surface area contributed by atoms with E-state index in [0.29, 0.717) is 6.61 Å². The lowest BCUT2D eigenvalue weighted by Gasteiger charge is -2.32. The number of hydrogen-bond donors (Lipinski definition) is 0. The third-order valence-electron chi connectivity index (χ3n) is 3.11. The monoisotopic (exact) mass is 238 g/mol. The molecule has 0 aromatic heterocycles. The molecule has 2 nitrogen and oxygen atoms in total. The van der Waals surface area contributed by atoms with Gasteiger partial charge in [0, 0.05) is 0 Å². The van der Waals surface area contributed by atoms with Gasteiger partial charge in [0.15, 0.2) is 5.60 Å². The fraction of sp³-hybridized carbons (Fsp3) is 0.125. The predicted molar refractivity (Wildman–Crippen MR) is 69.8 cm³/mol. The third kappa shape index (κ3) is 1.86. The van der Waals surface area contributed by atoms with Crippen molar-refractivity contribution in [2.24, 2.45) is 0 Å². The van der Waals surface area contributed by atoms with E-state index >= 15 is 0 Å². The molecule has 1 heterocycles. The normalized spacial score (nSPS) is 17.6. The lowest BCUT2D eigenvalue weighted by Crippen LogP contribution is -2.31. The summed E-state index contributed by atoms with van der Waals surface area (Å²) in [5.41, 5.74) is 1.49. The molecule has 2 aromatic rings. The highest BCUT2D eigenvalue weighted by Gasteiger charge is 2.35. The Kier molecular flexibility index (Phi) is 2.97. The largest absolute Gasteiger partial charge is 0.231 e. The molecule has 1 aliphatic rings. The standard InChI is InChI=1S/C16H14O2/c1-3-8-14(9-4-1)16(12-7-13-17-18-16)15-10-5-2-6-11-15/h1-12H,13H2. The van der Waals surface area contributed by atoms with Crippen LogP contribution in [0.5, 0.6) is 0 Å². The van der Waals surface area contributed by atoms with E-state index in [1.807, 2.05) is 66.7 Å². The van der Waals surface area contributed by atoms with E-state index in [4.69, 9.17) is 9.78 Å². The van der Waals surface area contributed by atoms with E-state index in [0.717, 1.165) is 11.1 Å². The molecule has 0 bridgehead atoms. The van der Waals surface area contributed by atoms with Crippen LogP contribution in [0.4, 0.5) is 0 Å². The smallest absolute Gasteiger partial charge is 0.172 e. The Hall–Kier alpha value is -1.90. The van der Waals surface area contributed by atoms with Crippen molar-refractivity contribution in [2.75, 3.05) is 6.61 Å². The van der Waals surface area contributed by atoms with Crippen LogP contribution in [0, 0.1) is 0 Å². The van der Waals surface area contributed by atoms with E-state index in [1.54, 1.807) is 0 Å². The maximum Gasteiger partial charge on any atom is 0.172 e. The molecule has 2 heteroatoms. The summed E-state index contributed by atoms with van der Waals surface area (Å²) in [5.74, 6) is 0. The first kappa shape index (κ1) is 11.2. The van der Waals surface area contributed by atoms with Crippen LogP contribution in [0.3, 0.4) is 0 Å². The lowest BCUT2D eigenvalue weighted by molar-refractivity contribution is -0.343. The van der Waals surface area contributed by atoms with E-state index in [9.17, 15) is 0 Å². The minimum absolute atomic E-state index is 0.488. The summed E-state index contributed by atoms with van der Waals surface area (Å²) < 4.78 is 0. The Labute approximate surface area is 106 Å². The first-order chi connectivity index (χ1) is 8.92. The van der Waals surface area contributed by atoms with E-state index < -0.39 is 5.60 Å². The van der Waals surface area contributed by atoms with E-state index in [1.165, 1.54) is 0 Å². The highest BCUT2D eigenvalue weighted by atomic mass is 17.2. The first-order valence-corrected chi connectivity index (χ1v) is 6.01. The average molecular weight is 238 g/mol. The SMILES string of the molecule is C1=CC(c2ccccc2)(c2ccccc2)OOC1. The molecule has 0 aliphatic carbocycles. The van der Waals surface area contributed by atoms with Gasteiger partial charge in [-0.2, -0.15) is 0 Å². The van der Waals surface area contributed by atoms with Crippen molar-refractivity contribution < 1.29 is 9.78 Å². The van der Waals surface area contributed by atoms with E-state index in [2.05, 4.69) is 6.08 Å². The number of hydrogen-bond acceptors (Lipinski definition) is 2. The molecule has 1 aliphatic heterocycles. The summed E-state index contributed by atoms with van der Waals surface area (Å²) in [6.45, 7) is 0.488. The summed E-state index contributed by atoms with van der Waals surface area (Å²) in [4.78, 5) is 10.9. The van der Waals surface area contributed by atoms with Gasteiger partial charge in [0.25, 0.3) is 0 Å². The summed E-state index contributed by atoms with van der Waals surface area (Å²) >= 11 is 0. The topological polar surface area (TPSA) is 18.5 Å². The van der Waals surface area contributed by atoms with Gasteiger partial charge in [-0.05, 0) is 17.2 Å². The van der Waals surface area contributed by atoms with Crippen LogP contribution < -0.4 is 0 Å². The molecular weight excluding hydrogens is 224 g/mol. The maximum absolute atomic E-state index is 5.65. The van der Waals surface area contributed by atoms with Crippen molar-refractivity contribution in [1.29, 1.82) is 0 Å². The summed E-state index contributed by atoms with van der Waals surface area (Å²) in [6.07, 6.45) is 4.05. The molecule has 2 aromatic carbocycles. The molecule has 3 rings (SSSR count). The van der Waals surface area contributed by atoms with Gasteiger partial charge in [0.2, 0.25) is 0 Å². The molecule has 0 saturated heterocycles. The second-order valence-corrected chi connectivity index (χ2v) is 4.24. The van der Waals surface area contributed by atoms with Gasteiger partial charge >= 0.3 is 0 Å². The minimum Gasteiger partial charge on any atom is -0.231 e. The van der Waals surface area contributed by atoms with Gasteiger partial charge in [-0.3, -0.25) is 0 Å². The number of rotatable bonds is 2. The second-order valence-electron chi connectivity index (χ2n) is 4.24. The summed E-state index contributed by atoms with van der Waals surface area (Å²) in [7, 11) is 0. The van der Waals surface area contributed by atoms with Crippen molar-refractivity contribution in [1.82, 2.24) is 0 Å². The third-order valence-corrected chi connectivity index (χ3v) is 3.11. The molecule has 0 N–H and O–H groups in total. The van der Waals surface area contributed by atoms with Crippen molar-refractivity contribution in [2.45, 2.75) is 5.60 Å². The predicted octanol–water partition coefficient (Wildman–Crippen LogP) is 3.45. The molecule has 0 saturated carbocycles. The molecule has 0 radical (unpaired) electrons. The molecular formula is C16H14O2. The van der Waals surface area contributed by atoms with Crippen LogP contribution >= 0.6 is 0 Å². The zero-order chi connectivity index (χ0) is 12.3. The Bertz CT molecular complexity index is 492. The molecule has 18 heavy (non-hydrogen) atoms. The highest BCUT2D eigenvalue weighted by Crippen LogP contribution is 2.36. The van der Waals surface area contributed by atoms with Gasteiger partial charge in [-0.15, -0.1) is 0 Å². The summed E-state index contributed by atoms with van der Waals surface area (Å²) in [5, 5.41) is 0. The fourth-order valence-electron chi connectivity index (χ4n) is 2.23. The highest BCUT2D eigenvalue weighted by molar-refractivity contribution is 5.41. The minimum atomic E-state index is -0.638. The quantitative estimate of drug-likeness (QED) is 0.589. The molecule has 90 valence electrons. The maximum atomic E-state index is 5.65. The van der Waals surface area contributed by atoms with Crippen LogP contribution in [-0.4, -0.2) is 6.61 Å². The van der Waals surface area contributed by atoms with E-state index in [-0.39, 0.29) is 0 Å². The van der Waals surface area contributed by atoms with Gasteiger partial charge in [-0.1, -0.05) is 66.7 Å². The molecule has 0 fully saturated rings. The molecule has 0 amide bonds. The fourth-order valence-corrected chi connectivity index (χ4v) is 2.23. The van der Waals surface area contributed by atoms with Crippen molar-refractivity contribution in [3.63, 3.8) is 0 Å². The van der Waals surface area contributed by atoms with Gasteiger partial charge in [0.1, 0.15) is 6.61 Å². The Morgan fingerprint density at radius 2 is 1.33 bits per heavy atom. The second kappa shape index (κ2) is 4.77. The van der Waals surface area contributed by atoms with Crippen LogP contribution in [-0.2, 0) is 15.4 Å². The van der Waals surface area contributed by atoms with Gasteiger partial charge in [0.05, 0.1) is 0 Å².